The van der Waals surface area contributed by atoms with E-state index in [1.54, 1.807) is 16.4 Å². The number of hydrogen-bond acceptors (Lipinski definition) is 10. The molecule has 188 valence electrons. The fourth-order valence-electron chi connectivity index (χ4n) is 4.77. The van der Waals surface area contributed by atoms with Crippen molar-refractivity contribution in [3.63, 3.8) is 0 Å². The highest BCUT2D eigenvalue weighted by molar-refractivity contribution is 7.99. The smallest absolute Gasteiger partial charge is 0.191 e. The first-order valence-corrected chi connectivity index (χ1v) is 13.2. The Morgan fingerprint density at radius 1 is 1.14 bits per heavy atom. The molecule has 0 spiro atoms. The minimum atomic E-state index is -1.10. The van der Waals surface area contributed by atoms with Crippen LogP contribution < -0.4 is 5.32 Å². The van der Waals surface area contributed by atoms with E-state index in [4.69, 9.17) is 19.8 Å². The molecule has 11 heteroatoms. The zero-order chi connectivity index (χ0) is 24.4. The standard InChI is InChI=1S/C24H32N6O4S/c1-2-12-35-24-26-22(25-16-13-15(16)14-6-4-3-5-7-14)19-23(27-24)30(29-28-19)17-8-9-18(34-11-10-31)21(33)20(17)32/h3-7,15-18,20-21,31-33H,2,8-13H2,1H3,(H,25,26,27)/t15-,16+,17+,18-,20-,21+/m0/s1. The van der Waals surface area contributed by atoms with Crippen LogP contribution in [0, 0.1) is 0 Å². The zero-order valence-corrected chi connectivity index (χ0v) is 20.5. The number of ether oxygens (including phenoxy) is 1. The van der Waals surface area contributed by atoms with Gasteiger partial charge in [-0.2, -0.15) is 0 Å². The summed E-state index contributed by atoms with van der Waals surface area (Å²) in [6, 6.07) is 10.2. The summed E-state index contributed by atoms with van der Waals surface area (Å²) in [7, 11) is 0. The van der Waals surface area contributed by atoms with Gasteiger partial charge in [-0.1, -0.05) is 54.2 Å². The molecule has 2 heterocycles. The van der Waals surface area contributed by atoms with Gasteiger partial charge in [0.1, 0.15) is 12.2 Å². The molecule has 0 aliphatic heterocycles. The molecule has 4 N–H and O–H groups in total. The number of aliphatic hydroxyl groups is 3. The van der Waals surface area contributed by atoms with Crippen LogP contribution in [0.1, 0.15) is 50.1 Å². The highest BCUT2D eigenvalue weighted by Crippen LogP contribution is 2.43. The number of nitrogens with zero attached hydrogens (tertiary/aromatic N) is 5. The number of nitrogens with one attached hydrogen (secondary N) is 1. The maximum atomic E-state index is 10.9. The fraction of sp³-hybridized carbons (Fsp3) is 0.583. The maximum Gasteiger partial charge on any atom is 0.191 e. The molecule has 0 saturated heterocycles. The van der Waals surface area contributed by atoms with Crippen molar-refractivity contribution in [3.05, 3.63) is 35.9 Å². The molecule has 6 atom stereocenters. The topological polar surface area (TPSA) is 138 Å². The normalized spacial score (nSPS) is 28.3. The summed E-state index contributed by atoms with van der Waals surface area (Å²) in [6.45, 7) is 2.10. The first kappa shape index (κ1) is 24.4. The van der Waals surface area contributed by atoms with Crippen molar-refractivity contribution in [2.24, 2.45) is 0 Å². The van der Waals surface area contributed by atoms with Gasteiger partial charge in [-0.25, -0.2) is 14.6 Å². The van der Waals surface area contributed by atoms with E-state index in [-0.39, 0.29) is 19.3 Å². The molecule has 10 nitrogen and oxygen atoms in total. The van der Waals surface area contributed by atoms with E-state index in [0.717, 1.165) is 18.6 Å². The summed E-state index contributed by atoms with van der Waals surface area (Å²) >= 11 is 1.58. The molecule has 3 aromatic rings. The first-order chi connectivity index (χ1) is 17.1. The Labute approximate surface area is 208 Å². The van der Waals surface area contributed by atoms with Crippen LogP contribution in [-0.4, -0.2) is 83.6 Å². The molecule has 2 fully saturated rings. The van der Waals surface area contributed by atoms with Crippen molar-refractivity contribution >= 4 is 28.7 Å². The third-order valence-corrected chi connectivity index (χ3v) is 7.74. The maximum absolute atomic E-state index is 10.9. The molecule has 0 amide bonds. The second-order valence-corrected chi connectivity index (χ2v) is 10.2. The van der Waals surface area contributed by atoms with Gasteiger partial charge < -0.3 is 25.4 Å². The molecule has 0 bridgehead atoms. The lowest BCUT2D eigenvalue weighted by Crippen LogP contribution is -2.48. The molecule has 2 aliphatic rings. The van der Waals surface area contributed by atoms with Crippen molar-refractivity contribution in [2.75, 3.05) is 24.3 Å². The SMILES string of the molecule is CCCSc1nc(N[C@@H]2C[C@H]2c2ccccc2)c2nnn([C@@H]3CC[C@H](OCCO)[C@@H](O)[C@H]3O)c2n1. The van der Waals surface area contributed by atoms with Crippen LogP contribution in [0.25, 0.3) is 11.2 Å². The van der Waals surface area contributed by atoms with Gasteiger partial charge in [0.05, 0.1) is 25.4 Å². The number of hydrogen-bond donors (Lipinski definition) is 4. The Morgan fingerprint density at radius 2 is 1.97 bits per heavy atom. The summed E-state index contributed by atoms with van der Waals surface area (Å²) in [4.78, 5) is 9.49. The number of thioether (sulfide) groups is 1. The summed E-state index contributed by atoms with van der Waals surface area (Å²) in [5.41, 5.74) is 2.41. The van der Waals surface area contributed by atoms with Gasteiger partial charge in [-0.05, 0) is 31.2 Å². The molecule has 0 unspecified atom stereocenters. The quantitative estimate of drug-likeness (QED) is 0.242. The third-order valence-electron chi connectivity index (χ3n) is 6.69. The van der Waals surface area contributed by atoms with Gasteiger partial charge >= 0.3 is 0 Å². The van der Waals surface area contributed by atoms with Gasteiger partial charge in [0, 0.05) is 17.7 Å². The minimum Gasteiger partial charge on any atom is -0.394 e. The number of benzene rings is 1. The Morgan fingerprint density at radius 3 is 2.74 bits per heavy atom. The van der Waals surface area contributed by atoms with Crippen LogP contribution in [0.5, 0.6) is 0 Å². The Bertz CT molecular complexity index is 1130. The summed E-state index contributed by atoms with van der Waals surface area (Å²) < 4.78 is 7.12. The molecule has 1 aromatic carbocycles. The predicted molar refractivity (Wildman–Crippen MR) is 132 cm³/mol. The monoisotopic (exact) mass is 500 g/mol. The Balaban J connectivity index is 1.41. The van der Waals surface area contributed by atoms with E-state index >= 15 is 0 Å². The summed E-state index contributed by atoms with van der Waals surface area (Å²) in [6.07, 6.45) is 0.356. The van der Waals surface area contributed by atoms with Crippen LogP contribution in [0.4, 0.5) is 5.82 Å². The van der Waals surface area contributed by atoms with Crippen LogP contribution in [0.2, 0.25) is 0 Å². The molecule has 0 radical (unpaired) electrons. The Hall–Kier alpha value is -2.31. The van der Waals surface area contributed by atoms with Crippen LogP contribution >= 0.6 is 11.8 Å². The lowest BCUT2D eigenvalue weighted by atomic mass is 9.87. The van der Waals surface area contributed by atoms with Crippen molar-refractivity contribution in [1.29, 1.82) is 0 Å². The highest BCUT2D eigenvalue weighted by Gasteiger charge is 2.41. The van der Waals surface area contributed by atoms with Gasteiger partial charge in [0.15, 0.2) is 22.1 Å². The number of aromatic nitrogens is 5. The van der Waals surface area contributed by atoms with Crippen molar-refractivity contribution in [3.8, 4) is 0 Å². The first-order valence-electron chi connectivity index (χ1n) is 12.3. The van der Waals surface area contributed by atoms with Gasteiger partial charge in [-0.3, -0.25) is 0 Å². The fourth-order valence-corrected chi connectivity index (χ4v) is 5.46. The largest absolute Gasteiger partial charge is 0.394 e. The average Bonchev–Trinajstić information content (AvgIpc) is 3.52. The van der Waals surface area contributed by atoms with Gasteiger partial charge in [0.2, 0.25) is 0 Å². The van der Waals surface area contributed by atoms with Gasteiger partial charge in [0.25, 0.3) is 0 Å². The molecule has 35 heavy (non-hydrogen) atoms. The van der Waals surface area contributed by atoms with Crippen molar-refractivity contribution < 1.29 is 20.1 Å². The summed E-state index contributed by atoms with van der Waals surface area (Å²) in [5.74, 6) is 1.96. The second-order valence-electron chi connectivity index (χ2n) is 9.17. The lowest BCUT2D eigenvalue weighted by molar-refractivity contribution is -0.134. The predicted octanol–water partition coefficient (Wildman–Crippen LogP) is 2.13. The zero-order valence-electron chi connectivity index (χ0n) is 19.7. The average molecular weight is 501 g/mol. The van der Waals surface area contributed by atoms with Crippen molar-refractivity contribution in [1.82, 2.24) is 25.0 Å². The minimum absolute atomic E-state index is 0.122. The van der Waals surface area contributed by atoms with E-state index in [2.05, 4.69) is 46.8 Å². The molecular formula is C24H32N6O4S. The molecular weight excluding hydrogens is 468 g/mol. The second kappa shape index (κ2) is 10.8. The number of anilines is 1. The van der Waals surface area contributed by atoms with Crippen LogP contribution in [-0.2, 0) is 4.74 Å². The molecule has 2 aliphatic carbocycles. The molecule has 5 rings (SSSR count). The van der Waals surface area contributed by atoms with Crippen LogP contribution in [0.15, 0.2) is 35.5 Å². The van der Waals surface area contributed by atoms with E-state index in [1.807, 2.05) is 6.07 Å². The highest BCUT2D eigenvalue weighted by atomic mass is 32.2. The van der Waals surface area contributed by atoms with Gasteiger partial charge in [-0.15, -0.1) is 5.10 Å². The Kier molecular flexibility index (Phi) is 7.49. The number of fused-ring (bicyclic) bond motifs is 1. The summed E-state index contributed by atoms with van der Waals surface area (Å²) in [5, 5.41) is 43.4. The molecule has 2 aromatic heterocycles. The van der Waals surface area contributed by atoms with E-state index in [0.29, 0.717) is 40.9 Å². The number of aliphatic hydroxyl groups excluding tert-OH is 3. The van der Waals surface area contributed by atoms with E-state index in [9.17, 15) is 10.2 Å². The van der Waals surface area contributed by atoms with E-state index < -0.39 is 24.4 Å². The van der Waals surface area contributed by atoms with Crippen molar-refractivity contribution in [2.45, 2.75) is 74.1 Å². The molecule has 2 saturated carbocycles. The third kappa shape index (κ3) is 5.14. The number of rotatable bonds is 10. The van der Waals surface area contributed by atoms with Crippen LogP contribution in [0.3, 0.4) is 0 Å². The van der Waals surface area contributed by atoms with E-state index in [1.165, 1.54) is 5.56 Å². The lowest BCUT2D eigenvalue weighted by Gasteiger charge is -2.37.